The van der Waals surface area contributed by atoms with Gasteiger partial charge in [-0.2, -0.15) is 10.4 Å². The number of nitrogens with zero attached hydrogens (tertiary/aromatic N) is 4. The van der Waals surface area contributed by atoms with Gasteiger partial charge in [-0.1, -0.05) is 36.4 Å². The highest BCUT2D eigenvalue weighted by Gasteiger charge is 2.26. The minimum atomic E-state index is -0.0530. The summed E-state index contributed by atoms with van der Waals surface area (Å²) >= 11 is 0. The van der Waals surface area contributed by atoms with Crippen LogP contribution in [0.4, 0.5) is 0 Å². The molecule has 0 atom stereocenters. The number of carbonyl (C=O) groups is 1. The minimum Gasteiger partial charge on any atom is -0.332 e. The SMILES string of the molecule is N#Cc1c2c(nn(-c3ccccc3)c1=N)CN(C(=O)c1ccccc1)CC2. The van der Waals surface area contributed by atoms with Crippen LogP contribution in [0.3, 0.4) is 0 Å². The Morgan fingerprint density at radius 2 is 1.74 bits per heavy atom. The predicted molar refractivity (Wildman–Crippen MR) is 99.0 cm³/mol. The zero-order valence-corrected chi connectivity index (χ0v) is 14.6. The molecule has 132 valence electrons. The van der Waals surface area contributed by atoms with E-state index in [1.807, 2.05) is 48.5 Å². The summed E-state index contributed by atoms with van der Waals surface area (Å²) in [5, 5.41) is 22.6. The van der Waals surface area contributed by atoms with E-state index in [9.17, 15) is 10.1 Å². The molecule has 2 heterocycles. The summed E-state index contributed by atoms with van der Waals surface area (Å²) in [5.41, 5.74) is 3.19. The molecule has 0 spiro atoms. The van der Waals surface area contributed by atoms with E-state index in [4.69, 9.17) is 5.41 Å². The van der Waals surface area contributed by atoms with Crippen LogP contribution in [0.25, 0.3) is 5.69 Å². The molecule has 1 N–H and O–H groups in total. The van der Waals surface area contributed by atoms with E-state index < -0.39 is 0 Å². The third-order valence-corrected chi connectivity index (χ3v) is 4.71. The Morgan fingerprint density at radius 3 is 2.41 bits per heavy atom. The van der Waals surface area contributed by atoms with Gasteiger partial charge in [-0.25, -0.2) is 4.68 Å². The lowest BCUT2D eigenvalue weighted by Gasteiger charge is -2.29. The number of amides is 1. The van der Waals surface area contributed by atoms with E-state index in [0.717, 1.165) is 5.56 Å². The molecule has 27 heavy (non-hydrogen) atoms. The monoisotopic (exact) mass is 355 g/mol. The molecule has 6 nitrogen and oxygen atoms in total. The average molecular weight is 355 g/mol. The Kier molecular flexibility index (Phi) is 4.27. The fraction of sp³-hybridized carbons (Fsp3) is 0.143. The summed E-state index contributed by atoms with van der Waals surface area (Å²) in [4.78, 5) is 14.5. The minimum absolute atomic E-state index is 0.0530. The van der Waals surface area contributed by atoms with Crippen molar-refractivity contribution >= 4 is 5.91 Å². The molecular formula is C21H17N5O. The van der Waals surface area contributed by atoms with Gasteiger partial charge in [0.15, 0.2) is 5.49 Å². The predicted octanol–water partition coefficient (Wildman–Crippen LogP) is 2.42. The first-order valence-corrected chi connectivity index (χ1v) is 8.68. The Balaban J connectivity index is 1.76. The van der Waals surface area contributed by atoms with Crippen LogP contribution in [-0.2, 0) is 13.0 Å². The van der Waals surface area contributed by atoms with Crippen LogP contribution in [0.5, 0.6) is 0 Å². The van der Waals surface area contributed by atoms with E-state index in [1.165, 1.54) is 4.68 Å². The van der Waals surface area contributed by atoms with Gasteiger partial charge in [0.25, 0.3) is 5.91 Å². The maximum atomic E-state index is 12.8. The summed E-state index contributed by atoms with van der Waals surface area (Å²) in [6.45, 7) is 0.830. The van der Waals surface area contributed by atoms with Gasteiger partial charge in [0.1, 0.15) is 11.6 Å². The zero-order chi connectivity index (χ0) is 18.8. The number of carbonyl (C=O) groups excluding carboxylic acids is 1. The molecule has 0 radical (unpaired) electrons. The maximum absolute atomic E-state index is 12.8. The molecule has 6 heteroatoms. The molecule has 1 aliphatic rings. The summed E-state index contributed by atoms with van der Waals surface area (Å²) in [7, 11) is 0. The first kappa shape index (κ1) is 16.7. The van der Waals surface area contributed by atoms with Crippen LogP contribution in [0, 0.1) is 16.7 Å². The van der Waals surface area contributed by atoms with E-state index >= 15 is 0 Å². The van der Waals surface area contributed by atoms with Gasteiger partial charge in [0, 0.05) is 17.7 Å². The Hall–Kier alpha value is -3.72. The Bertz CT molecular complexity index is 1100. The van der Waals surface area contributed by atoms with Crippen LogP contribution in [0.2, 0.25) is 0 Å². The number of hydrogen-bond acceptors (Lipinski definition) is 4. The van der Waals surface area contributed by atoms with Crippen LogP contribution in [-0.4, -0.2) is 27.1 Å². The average Bonchev–Trinajstić information content (AvgIpc) is 2.74. The molecule has 0 saturated carbocycles. The van der Waals surface area contributed by atoms with Crippen LogP contribution in [0.15, 0.2) is 60.7 Å². The largest absolute Gasteiger partial charge is 0.332 e. The van der Waals surface area contributed by atoms with Crippen molar-refractivity contribution in [2.24, 2.45) is 0 Å². The lowest BCUT2D eigenvalue weighted by Crippen LogP contribution is -2.39. The molecule has 3 aromatic rings. The lowest BCUT2D eigenvalue weighted by molar-refractivity contribution is 0.0730. The molecule has 0 unspecified atom stereocenters. The normalized spacial score (nSPS) is 12.9. The molecule has 1 aromatic heterocycles. The first-order valence-electron chi connectivity index (χ1n) is 8.68. The Labute approximate surface area is 156 Å². The molecule has 0 bridgehead atoms. The highest BCUT2D eigenvalue weighted by molar-refractivity contribution is 5.94. The van der Waals surface area contributed by atoms with Crippen molar-refractivity contribution < 1.29 is 4.79 Å². The fourth-order valence-corrected chi connectivity index (χ4v) is 3.34. The van der Waals surface area contributed by atoms with Gasteiger partial charge in [0.05, 0.1) is 17.9 Å². The number of nitriles is 1. The van der Waals surface area contributed by atoms with Gasteiger partial charge in [-0.05, 0) is 30.7 Å². The molecular weight excluding hydrogens is 338 g/mol. The van der Waals surface area contributed by atoms with Crippen molar-refractivity contribution in [1.82, 2.24) is 14.7 Å². The number of nitrogens with one attached hydrogen (secondary N) is 1. The lowest BCUT2D eigenvalue weighted by atomic mass is 10.00. The van der Waals surface area contributed by atoms with Crippen molar-refractivity contribution in [1.29, 1.82) is 10.7 Å². The summed E-state index contributed by atoms with van der Waals surface area (Å²) < 4.78 is 1.47. The number of benzene rings is 2. The third-order valence-electron chi connectivity index (χ3n) is 4.71. The first-order chi connectivity index (χ1) is 13.2. The number of aromatic nitrogens is 2. The summed E-state index contributed by atoms with van der Waals surface area (Å²) in [5.74, 6) is -0.0530. The van der Waals surface area contributed by atoms with Crippen LogP contribution >= 0.6 is 0 Å². The molecule has 0 saturated heterocycles. The van der Waals surface area contributed by atoms with Gasteiger partial charge in [0.2, 0.25) is 0 Å². The van der Waals surface area contributed by atoms with E-state index in [-0.39, 0.29) is 11.4 Å². The fourth-order valence-electron chi connectivity index (χ4n) is 3.34. The second-order valence-corrected chi connectivity index (χ2v) is 6.35. The molecule has 2 aromatic carbocycles. The highest BCUT2D eigenvalue weighted by Crippen LogP contribution is 2.21. The number of para-hydroxylation sites is 1. The number of fused-ring (bicyclic) bond motifs is 1. The second-order valence-electron chi connectivity index (χ2n) is 6.35. The van der Waals surface area contributed by atoms with Gasteiger partial charge < -0.3 is 4.90 Å². The molecule has 0 aliphatic carbocycles. The van der Waals surface area contributed by atoms with Gasteiger partial charge in [-0.15, -0.1) is 0 Å². The maximum Gasteiger partial charge on any atom is 0.254 e. The summed E-state index contributed by atoms with van der Waals surface area (Å²) in [6, 6.07) is 20.6. The van der Waals surface area contributed by atoms with Crippen molar-refractivity contribution in [2.45, 2.75) is 13.0 Å². The topological polar surface area (TPSA) is 85.8 Å². The standard InChI is InChI=1S/C21H17N5O/c22-13-18-17-11-12-25(21(27)15-7-3-1-4-8-15)14-19(17)24-26(20(18)23)16-9-5-2-6-10-16/h1-10,23H,11-12,14H2. The van der Waals surface area contributed by atoms with E-state index in [0.29, 0.717) is 42.0 Å². The molecule has 1 aliphatic heterocycles. The van der Waals surface area contributed by atoms with E-state index in [2.05, 4.69) is 11.2 Å². The van der Waals surface area contributed by atoms with Crippen LogP contribution in [0.1, 0.15) is 27.2 Å². The van der Waals surface area contributed by atoms with E-state index in [1.54, 1.807) is 17.0 Å². The molecule has 0 fully saturated rings. The van der Waals surface area contributed by atoms with Crippen LogP contribution < -0.4 is 5.49 Å². The summed E-state index contributed by atoms with van der Waals surface area (Å²) in [6.07, 6.45) is 0.519. The van der Waals surface area contributed by atoms with Crippen molar-refractivity contribution in [3.8, 4) is 11.8 Å². The smallest absolute Gasteiger partial charge is 0.254 e. The Morgan fingerprint density at radius 1 is 1.07 bits per heavy atom. The third kappa shape index (κ3) is 3.00. The molecule has 1 amide bonds. The van der Waals surface area contributed by atoms with Gasteiger partial charge in [-0.3, -0.25) is 10.2 Å². The van der Waals surface area contributed by atoms with Crippen molar-refractivity contribution in [3.63, 3.8) is 0 Å². The zero-order valence-electron chi connectivity index (χ0n) is 14.6. The van der Waals surface area contributed by atoms with Crippen molar-refractivity contribution in [3.05, 3.63) is 88.5 Å². The highest BCUT2D eigenvalue weighted by atomic mass is 16.2. The number of rotatable bonds is 2. The quantitative estimate of drug-likeness (QED) is 0.766. The second kappa shape index (κ2) is 6.89. The van der Waals surface area contributed by atoms with Crippen molar-refractivity contribution in [2.75, 3.05) is 6.54 Å². The molecule has 4 rings (SSSR count). The van der Waals surface area contributed by atoms with Gasteiger partial charge >= 0.3 is 0 Å². The number of hydrogen-bond donors (Lipinski definition) is 1.